The molecule has 0 spiro atoms. The average Bonchev–Trinajstić information content (AvgIpc) is 2.94. The normalized spacial score (nSPS) is 35.5. The van der Waals surface area contributed by atoms with Crippen molar-refractivity contribution in [3.8, 4) is 0 Å². The van der Waals surface area contributed by atoms with E-state index in [9.17, 15) is 0 Å². The Hall–Kier alpha value is -1.50. The van der Waals surface area contributed by atoms with Crippen molar-refractivity contribution in [1.82, 2.24) is 0 Å². The molecule has 22 heavy (non-hydrogen) atoms. The van der Waals surface area contributed by atoms with Crippen molar-refractivity contribution >= 4 is 5.69 Å². The van der Waals surface area contributed by atoms with Gasteiger partial charge in [-0.2, -0.15) is 0 Å². The molecule has 2 aliphatic carbocycles. The van der Waals surface area contributed by atoms with Crippen molar-refractivity contribution in [3.05, 3.63) is 53.6 Å². The number of anilines is 1. The van der Waals surface area contributed by atoms with Gasteiger partial charge in [-0.05, 0) is 34.4 Å². The molecule has 1 aromatic rings. The maximum absolute atomic E-state index is 2.55. The van der Waals surface area contributed by atoms with Gasteiger partial charge in [-0.15, -0.1) is 0 Å². The van der Waals surface area contributed by atoms with Crippen LogP contribution in [-0.2, 0) is 5.41 Å². The molecule has 5 unspecified atom stereocenters. The van der Waals surface area contributed by atoms with Gasteiger partial charge in [-0.3, -0.25) is 0 Å². The number of hydrogen-bond donors (Lipinski definition) is 0. The highest BCUT2D eigenvalue weighted by Crippen LogP contribution is 2.57. The number of fused-ring (bicyclic) bond motifs is 5. The van der Waals surface area contributed by atoms with E-state index >= 15 is 0 Å². The van der Waals surface area contributed by atoms with Crippen molar-refractivity contribution in [2.24, 2.45) is 17.8 Å². The Labute approximate surface area is 134 Å². The molecule has 1 aromatic carbocycles. The summed E-state index contributed by atoms with van der Waals surface area (Å²) in [4.78, 5) is 2.55. The monoisotopic (exact) mass is 293 g/mol. The summed E-state index contributed by atoms with van der Waals surface area (Å²) in [6.07, 6.45) is 9.37. The van der Waals surface area contributed by atoms with Crippen LogP contribution in [0.1, 0.15) is 44.7 Å². The highest BCUT2D eigenvalue weighted by Gasteiger charge is 2.53. The second-order valence-corrected chi connectivity index (χ2v) is 8.43. The summed E-state index contributed by atoms with van der Waals surface area (Å²) in [6, 6.07) is 7.82. The third-order valence-corrected chi connectivity index (χ3v) is 6.24. The van der Waals surface area contributed by atoms with Crippen molar-refractivity contribution < 1.29 is 0 Å². The zero-order chi connectivity index (χ0) is 15.6. The maximum atomic E-state index is 2.55. The van der Waals surface area contributed by atoms with Crippen LogP contribution in [-0.4, -0.2) is 13.1 Å². The Bertz CT molecular complexity index is 661. The van der Waals surface area contributed by atoms with Crippen LogP contribution in [0.5, 0.6) is 0 Å². The molecule has 0 N–H and O–H groups in total. The molecule has 1 heterocycles. The van der Waals surface area contributed by atoms with E-state index < -0.39 is 0 Å². The molecule has 0 radical (unpaired) electrons. The Morgan fingerprint density at radius 2 is 1.68 bits per heavy atom. The highest BCUT2D eigenvalue weighted by molar-refractivity contribution is 5.65. The first kappa shape index (κ1) is 14.1. The second-order valence-electron chi connectivity index (χ2n) is 8.43. The minimum atomic E-state index is 0.222. The van der Waals surface area contributed by atoms with Gasteiger partial charge in [-0.25, -0.2) is 0 Å². The van der Waals surface area contributed by atoms with Crippen molar-refractivity contribution in [1.29, 1.82) is 0 Å². The fourth-order valence-corrected chi connectivity index (χ4v) is 5.03. The fourth-order valence-electron chi connectivity index (χ4n) is 5.03. The molecule has 1 nitrogen and oxygen atoms in total. The summed E-state index contributed by atoms with van der Waals surface area (Å²) in [7, 11) is 2.29. The number of nitrogens with zero attached hydrogens (tertiary/aromatic N) is 1. The van der Waals surface area contributed by atoms with Crippen LogP contribution in [0.3, 0.4) is 0 Å². The predicted octanol–water partition coefficient (Wildman–Crippen LogP) is 4.89. The highest BCUT2D eigenvalue weighted by atomic mass is 15.2. The van der Waals surface area contributed by atoms with Crippen LogP contribution in [0.15, 0.2) is 42.5 Å². The molecule has 0 amide bonds. The van der Waals surface area contributed by atoms with Crippen molar-refractivity contribution in [3.63, 3.8) is 0 Å². The summed E-state index contributed by atoms with van der Waals surface area (Å²) in [5.74, 6) is 2.76. The molecule has 1 fully saturated rings. The molecule has 1 heteroatoms. The van der Waals surface area contributed by atoms with Crippen LogP contribution in [0.2, 0.25) is 0 Å². The lowest BCUT2D eigenvalue weighted by molar-refractivity contribution is 0.428. The largest absolute Gasteiger partial charge is 0.370 e. The number of likely N-dealkylation sites (N-methyl/N-ethyl adjacent to an activating group) is 1. The minimum Gasteiger partial charge on any atom is -0.370 e. The zero-order valence-electron chi connectivity index (χ0n) is 14.4. The maximum Gasteiger partial charge on any atom is 0.0427 e. The van der Waals surface area contributed by atoms with E-state index in [4.69, 9.17) is 0 Å². The lowest BCUT2D eigenvalue weighted by atomic mass is 9.81. The summed E-state index contributed by atoms with van der Waals surface area (Å²) in [5, 5.41) is 0. The number of rotatable bonds is 0. The molecule has 0 bridgehead atoms. The van der Waals surface area contributed by atoms with Gasteiger partial charge >= 0.3 is 0 Å². The molecule has 1 aliphatic heterocycles. The summed E-state index contributed by atoms with van der Waals surface area (Å²) < 4.78 is 0. The van der Waals surface area contributed by atoms with E-state index in [1.165, 1.54) is 11.3 Å². The van der Waals surface area contributed by atoms with Gasteiger partial charge < -0.3 is 4.90 Å². The second kappa shape index (κ2) is 4.50. The Balaban J connectivity index is 1.83. The quantitative estimate of drug-likeness (QED) is 0.658. The first-order valence-electron chi connectivity index (χ1n) is 8.62. The third-order valence-electron chi connectivity index (χ3n) is 6.24. The zero-order valence-corrected chi connectivity index (χ0v) is 14.4. The van der Waals surface area contributed by atoms with Crippen LogP contribution in [0.4, 0.5) is 5.69 Å². The summed E-state index contributed by atoms with van der Waals surface area (Å²) >= 11 is 0. The number of allylic oxidation sites excluding steroid dienone is 3. The first-order chi connectivity index (χ1) is 10.4. The van der Waals surface area contributed by atoms with E-state index in [1.54, 1.807) is 5.56 Å². The minimum absolute atomic E-state index is 0.222. The van der Waals surface area contributed by atoms with Gasteiger partial charge in [0.05, 0.1) is 0 Å². The lowest BCUT2D eigenvalue weighted by Gasteiger charge is -2.29. The van der Waals surface area contributed by atoms with E-state index in [1.807, 2.05) is 0 Å². The van der Waals surface area contributed by atoms with Crippen LogP contribution < -0.4 is 4.90 Å². The Morgan fingerprint density at radius 3 is 2.36 bits per heavy atom. The van der Waals surface area contributed by atoms with E-state index in [0.29, 0.717) is 23.8 Å². The van der Waals surface area contributed by atoms with Crippen LogP contribution in [0.25, 0.3) is 0 Å². The molecule has 1 saturated carbocycles. The summed E-state index contributed by atoms with van der Waals surface area (Å²) in [6.45, 7) is 9.40. The fraction of sp³-hybridized carbons (Fsp3) is 0.524. The molecular weight excluding hydrogens is 266 g/mol. The molecule has 5 atom stereocenters. The van der Waals surface area contributed by atoms with Crippen molar-refractivity contribution in [2.45, 2.75) is 45.1 Å². The van der Waals surface area contributed by atoms with E-state index in [2.05, 4.69) is 82.1 Å². The molecular formula is C21H27N. The van der Waals surface area contributed by atoms with Crippen molar-refractivity contribution in [2.75, 3.05) is 11.9 Å². The average molecular weight is 293 g/mol. The summed E-state index contributed by atoms with van der Waals surface area (Å²) in [5.41, 5.74) is 4.73. The molecule has 0 aromatic heterocycles. The molecule has 116 valence electrons. The van der Waals surface area contributed by atoms with Gasteiger partial charge in [0.15, 0.2) is 0 Å². The SMILES string of the molecule is CC1C2C=CC=CC2C2C1c1cc(C(C)(C)C)ccc1N2C. The standard InChI is InChI=1S/C21H27N/c1-13-15-8-6-7-9-16(15)20-19(13)17-12-14(21(2,3)4)10-11-18(17)22(20)5/h6-13,15-16,19-20H,1-5H3. The molecule has 0 saturated heterocycles. The topological polar surface area (TPSA) is 3.24 Å². The van der Waals surface area contributed by atoms with Gasteiger partial charge in [0, 0.05) is 30.6 Å². The van der Waals surface area contributed by atoms with E-state index in [-0.39, 0.29) is 5.41 Å². The predicted molar refractivity (Wildman–Crippen MR) is 94.5 cm³/mol. The first-order valence-corrected chi connectivity index (χ1v) is 8.62. The van der Waals surface area contributed by atoms with Crippen LogP contribution in [0, 0.1) is 17.8 Å². The van der Waals surface area contributed by atoms with Gasteiger partial charge in [0.25, 0.3) is 0 Å². The van der Waals surface area contributed by atoms with Gasteiger partial charge in [0.1, 0.15) is 0 Å². The third kappa shape index (κ3) is 1.77. The van der Waals surface area contributed by atoms with Crippen LogP contribution >= 0.6 is 0 Å². The smallest absolute Gasteiger partial charge is 0.0427 e. The number of hydrogen-bond acceptors (Lipinski definition) is 1. The van der Waals surface area contributed by atoms with Gasteiger partial charge in [0.2, 0.25) is 0 Å². The lowest BCUT2D eigenvalue weighted by Crippen LogP contribution is -2.34. The van der Waals surface area contributed by atoms with E-state index in [0.717, 1.165) is 5.92 Å². The molecule has 4 rings (SSSR count). The van der Waals surface area contributed by atoms with Gasteiger partial charge in [-0.1, -0.05) is 64.1 Å². The Kier molecular flexibility index (Phi) is 2.89. The Morgan fingerprint density at radius 1 is 1.00 bits per heavy atom. The molecule has 3 aliphatic rings. The number of benzene rings is 1.